The van der Waals surface area contributed by atoms with Gasteiger partial charge in [-0.05, 0) is 76.5 Å². The molecule has 2 saturated carbocycles. The average Bonchev–Trinajstić information content (AvgIpc) is 3.69. The zero-order valence-corrected chi connectivity index (χ0v) is 27.4. The Balaban J connectivity index is 0.00000230. The van der Waals surface area contributed by atoms with E-state index in [0.717, 1.165) is 68.3 Å². The standard InChI is InChI=1S/C31H43N9O3.2ClH/c1-2-43-29(41)20-6-5-7-24(18-20)36-31(42)39-16-14-23(15-17-39)34-27-26-28(40(19-33-26)25-8-3-4-9-25)38-30(37-27)35-22-12-10-21(32)11-13-22;;/h5-7,18-19,21-23,25H,2-4,8-17,32H2,1H3,(H,36,42)(H2,34,35,37,38);2*1H/t21-,22-;;. The van der Waals surface area contributed by atoms with Gasteiger partial charge in [-0.1, -0.05) is 18.9 Å². The number of imidazole rings is 1. The molecule has 2 aromatic heterocycles. The first-order valence-corrected chi connectivity index (χ1v) is 15.8. The van der Waals surface area contributed by atoms with Gasteiger partial charge in [0.2, 0.25) is 5.95 Å². The van der Waals surface area contributed by atoms with Crippen LogP contribution in [0, 0.1) is 0 Å². The number of anilines is 3. The van der Waals surface area contributed by atoms with E-state index < -0.39 is 5.97 Å². The normalized spacial score (nSPS) is 20.6. The summed E-state index contributed by atoms with van der Waals surface area (Å²) in [5.41, 5.74) is 8.79. The third-order valence-electron chi connectivity index (χ3n) is 8.99. The fourth-order valence-electron chi connectivity index (χ4n) is 6.54. The van der Waals surface area contributed by atoms with Crippen LogP contribution in [0.25, 0.3) is 11.2 Å². The Labute approximate surface area is 276 Å². The molecule has 3 aliphatic rings. The van der Waals surface area contributed by atoms with Gasteiger partial charge in [0.05, 0.1) is 18.5 Å². The smallest absolute Gasteiger partial charge is 0.338 e. The summed E-state index contributed by atoms with van der Waals surface area (Å²) in [6.45, 7) is 3.26. The lowest BCUT2D eigenvalue weighted by molar-refractivity contribution is 0.0526. The molecule has 5 N–H and O–H groups in total. The molecule has 1 saturated heterocycles. The van der Waals surface area contributed by atoms with Crippen molar-refractivity contribution in [2.45, 2.75) is 95.3 Å². The molecule has 0 spiro atoms. The number of nitrogens with zero attached hydrogens (tertiary/aromatic N) is 5. The second-order valence-electron chi connectivity index (χ2n) is 12.1. The Morgan fingerprint density at radius 2 is 1.67 bits per heavy atom. The number of nitrogens with two attached hydrogens (primary N) is 1. The van der Waals surface area contributed by atoms with Crippen molar-refractivity contribution in [3.63, 3.8) is 0 Å². The number of halogens is 2. The van der Waals surface area contributed by atoms with Crippen molar-refractivity contribution in [2.24, 2.45) is 5.73 Å². The highest BCUT2D eigenvalue weighted by atomic mass is 35.5. The first-order chi connectivity index (χ1) is 21.0. The minimum atomic E-state index is -0.404. The van der Waals surface area contributed by atoms with Crippen molar-refractivity contribution < 1.29 is 14.3 Å². The van der Waals surface area contributed by atoms with Gasteiger partial charge in [-0.2, -0.15) is 9.97 Å². The van der Waals surface area contributed by atoms with Crippen LogP contribution in [0.5, 0.6) is 0 Å². The molecule has 3 fully saturated rings. The summed E-state index contributed by atoms with van der Waals surface area (Å²) >= 11 is 0. The predicted molar refractivity (Wildman–Crippen MR) is 181 cm³/mol. The third-order valence-corrected chi connectivity index (χ3v) is 8.99. The first kappa shape index (κ1) is 34.5. The van der Waals surface area contributed by atoms with Gasteiger partial charge in [0, 0.05) is 42.9 Å². The second kappa shape index (κ2) is 15.8. The number of hydrogen-bond acceptors (Lipinski definition) is 9. The number of benzene rings is 1. The van der Waals surface area contributed by atoms with Gasteiger partial charge in [0.25, 0.3) is 0 Å². The second-order valence-corrected chi connectivity index (χ2v) is 12.1. The van der Waals surface area contributed by atoms with E-state index in [1.165, 1.54) is 12.8 Å². The van der Waals surface area contributed by atoms with Crippen molar-refractivity contribution in [1.82, 2.24) is 24.4 Å². The van der Waals surface area contributed by atoms with Gasteiger partial charge in [-0.15, -0.1) is 24.8 Å². The molecule has 6 rings (SSSR count). The molecule has 246 valence electrons. The minimum Gasteiger partial charge on any atom is -0.462 e. The van der Waals surface area contributed by atoms with E-state index in [4.69, 9.17) is 25.4 Å². The molecule has 0 unspecified atom stereocenters. The lowest BCUT2D eigenvalue weighted by Crippen LogP contribution is -2.44. The largest absolute Gasteiger partial charge is 0.462 e. The van der Waals surface area contributed by atoms with Crippen molar-refractivity contribution in [3.05, 3.63) is 36.2 Å². The number of amides is 2. The molecule has 3 aromatic rings. The van der Waals surface area contributed by atoms with E-state index in [-0.39, 0.29) is 42.9 Å². The summed E-state index contributed by atoms with van der Waals surface area (Å²) in [6.07, 6.45) is 12.3. The van der Waals surface area contributed by atoms with Crippen LogP contribution in [0.4, 0.5) is 22.2 Å². The van der Waals surface area contributed by atoms with Gasteiger partial charge in [0.1, 0.15) is 0 Å². The van der Waals surface area contributed by atoms with Crippen molar-refractivity contribution in [2.75, 3.05) is 35.6 Å². The molecule has 14 heteroatoms. The summed E-state index contributed by atoms with van der Waals surface area (Å²) < 4.78 is 7.31. The molecule has 12 nitrogen and oxygen atoms in total. The number of fused-ring (bicyclic) bond motifs is 1. The Kier molecular flexibility index (Phi) is 12.1. The van der Waals surface area contributed by atoms with E-state index in [2.05, 4.69) is 20.5 Å². The molecule has 1 aromatic carbocycles. The quantitative estimate of drug-likeness (QED) is 0.221. The predicted octanol–water partition coefficient (Wildman–Crippen LogP) is 5.75. The number of esters is 1. The Hall–Kier alpha value is -3.35. The van der Waals surface area contributed by atoms with E-state index in [0.29, 0.717) is 49.0 Å². The lowest BCUT2D eigenvalue weighted by Gasteiger charge is -2.32. The van der Waals surface area contributed by atoms with E-state index in [9.17, 15) is 9.59 Å². The highest BCUT2D eigenvalue weighted by Crippen LogP contribution is 2.34. The third kappa shape index (κ3) is 8.28. The SMILES string of the molecule is CCOC(=O)c1cccc(NC(=O)N2CCC(Nc3nc(N[C@H]4CC[C@H](N)CC4)nc4c3ncn4C3CCCC3)CC2)c1.Cl.Cl. The molecule has 0 atom stereocenters. The zero-order chi connectivity index (χ0) is 29.8. The zero-order valence-electron chi connectivity index (χ0n) is 25.7. The van der Waals surface area contributed by atoms with Crippen LogP contribution >= 0.6 is 24.8 Å². The number of urea groups is 1. The number of ether oxygens (including phenoxy) is 1. The Bertz CT molecular complexity index is 1430. The molecular weight excluding hydrogens is 617 g/mol. The number of hydrogen-bond donors (Lipinski definition) is 4. The van der Waals surface area contributed by atoms with Gasteiger partial charge in [-0.3, -0.25) is 0 Å². The number of carbonyl (C=O) groups excluding carboxylic acids is 2. The fraction of sp³-hybridized carbons (Fsp3) is 0.581. The van der Waals surface area contributed by atoms with Crippen LogP contribution in [-0.2, 0) is 4.74 Å². The maximum atomic E-state index is 13.0. The minimum absolute atomic E-state index is 0. The monoisotopic (exact) mass is 661 g/mol. The van der Waals surface area contributed by atoms with Crippen LogP contribution in [0.15, 0.2) is 30.6 Å². The number of aromatic nitrogens is 4. The number of rotatable bonds is 8. The van der Waals surface area contributed by atoms with Crippen molar-refractivity contribution in [1.29, 1.82) is 0 Å². The number of nitrogens with one attached hydrogen (secondary N) is 3. The summed E-state index contributed by atoms with van der Waals surface area (Å²) in [4.78, 5) is 41.6. The van der Waals surface area contributed by atoms with Gasteiger partial charge < -0.3 is 35.9 Å². The van der Waals surface area contributed by atoms with Gasteiger partial charge in [-0.25, -0.2) is 14.6 Å². The van der Waals surface area contributed by atoms with Crippen LogP contribution in [-0.4, -0.2) is 74.2 Å². The molecular formula is C31H45Cl2N9O3. The molecule has 45 heavy (non-hydrogen) atoms. The highest BCUT2D eigenvalue weighted by molar-refractivity contribution is 5.94. The summed E-state index contributed by atoms with van der Waals surface area (Å²) in [6, 6.07) is 7.81. The fourth-order valence-corrected chi connectivity index (χ4v) is 6.54. The number of likely N-dealkylation sites (tertiary alicyclic amines) is 1. The maximum Gasteiger partial charge on any atom is 0.338 e. The van der Waals surface area contributed by atoms with Crippen LogP contribution < -0.4 is 21.7 Å². The Morgan fingerprint density at radius 3 is 2.38 bits per heavy atom. The van der Waals surface area contributed by atoms with Crippen molar-refractivity contribution in [3.8, 4) is 0 Å². The first-order valence-electron chi connectivity index (χ1n) is 15.8. The summed E-state index contributed by atoms with van der Waals surface area (Å²) in [5, 5.41) is 10.2. The molecule has 0 radical (unpaired) electrons. The maximum absolute atomic E-state index is 13.0. The van der Waals surface area contributed by atoms with Crippen LogP contribution in [0.1, 0.15) is 87.5 Å². The molecule has 3 heterocycles. The number of carbonyl (C=O) groups is 2. The lowest BCUT2D eigenvalue weighted by atomic mass is 9.92. The van der Waals surface area contributed by atoms with E-state index >= 15 is 0 Å². The van der Waals surface area contributed by atoms with Gasteiger partial charge in [0.15, 0.2) is 17.0 Å². The van der Waals surface area contributed by atoms with Crippen LogP contribution in [0.3, 0.4) is 0 Å². The van der Waals surface area contributed by atoms with E-state index in [1.807, 2.05) is 6.33 Å². The topological polar surface area (TPSA) is 152 Å². The Morgan fingerprint density at radius 1 is 0.956 bits per heavy atom. The van der Waals surface area contributed by atoms with Crippen molar-refractivity contribution >= 4 is 65.4 Å². The number of piperidine rings is 1. The molecule has 1 aliphatic heterocycles. The molecule has 2 amide bonds. The molecule has 2 aliphatic carbocycles. The summed E-state index contributed by atoms with van der Waals surface area (Å²) in [7, 11) is 0. The average molecular weight is 663 g/mol. The molecule has 0 bridgehead atoms. The van der Waals surface area contributed by atoms with Crippen LogP contribution in [0.2, 0.25) is 0 Å². The van der Waals surface area contributed by atoms with E-state index in [1.54, 1.807) is 36.1 Å². The highest BCUT2D eigenvalue weighted by Gasteiger charge is 2.27. The summed E-state index contributed by atoms with van der Waals surface area (Å²) in [5.74, 6) is 0.978. The van der Waals surface area contributed by atoms with Gasteiger partial charge >= 0.3 is 12.0 Å².